The van der Waals surface area contributed by atoms with Gasteiger partial charge in [-0.3, -0.25) is 4.21 Å². The first-order valence-electron chi connectivity index (χ1n) is 6.51. The molecule has 0 aromatic carbocycles. The van der Waals surface area contributed by atoms with Crippen LogP contribution >= 0.6 is 15.9 Å². The zero-order chi connectivity index (χ0) is 14.0. The van der Waals surface area contributed by atoms with Crippen LogP contribution in [0.4, 0.5) is 5.82 Å². The molecule has 0 spiro atoms. The maximum atomic E-state index is 11.4. The molecular formula is C13H20BrN3OS. The second-order valence-corrected chi connectivity index (χ2v) is 8.42. The largest absolute Gasteiger partial charge is 0.367 e. The van der Waals surface area contributed by atoms with E-state index in [4.69, 9.17) is 0 Å². The van der Waals surface area contributed by atoms with Gasteiger partial charge in [0.05, 0.1) is 0 Å². The Morgan fingerprint density at radius 2 is 1.95 bits per heavy atom. The zero-order valence-corrected chi connectivity index (χ0v) is 14.0. The van der Waals surface area contributed by atoms with Gasteiger partial charge in [-0.05, 0) is 28.8 Å². The van der Waals surface area contributed by atoms with E-state index in [-0.39, 0.29) is 5.41 Å². The lowest BCUT2D eigenvalue weighted by Gasteiger charge is -2.24. The summed E-state index contributed by atoms with van der Waals surface area (Å²) in [5.74, 6) is 3.25. The lowest BCUT2D eigenvalue weighted by Crippen LogP contribution is -2.30. The molecule has 1 fully saturated rings. The fourth-order valence-corrected chi connectivity index (χ4v) is 3.66. The number of nitrogens with one attached hydrogen (secondary N) is 1. The number of anilines is 1. The van der Waals surface area contributed by atoms with Crippen LogP contribution in [0.3, 0.4) is 0 Å². The molecule has 0 aliphatic carbocycles. The Bertz CT molecular complexity index is 477. The van der Waals surface area contributed by atoms with E-state index in [1.54, 1.807) is 0 Å². The summed E-state index contributed by atoms with van der Waals surface area (Å²) in [5, 5.41) is 3.44. The minimum Gasteiger partial charge on any atom is -0.367 e. The lowest BCUT2D eigenvalue weighted by molar-refractivity contribution is 0.542. The van der Waals surface area contributed by atoms with Crippen molar-refractivity contribution >= 4 is 32.5 Å². The first-order valence-corrected chi connectivity index (χ1v) is 8.79. The summed E-state index contributed by atoms with van der Waals surface area (Å²) in [4.78, 5) is 9.02. The van der Waals surface area contributed by atoms with Gasteiger partial charge in [0.2, 0.25) is 0 Å². The highest BCUT2D eigenvalue weighted by molar-refractivity contribution is 9.10. The van der Waals surface area contributed by atoms with Crippen LogP contribution in [0.15, 0.2) is 10.7 Å². The molecule has 19 heavy (non-hydrogen) atoms. The first kappa shape index (κ1) is 14.9. The number of halogens is 1. The zero-order valence-electron chi connectivity index (χ0n) is 11.6. The Balaban J connectivity index is 2.12. The molecule has 0 unspecified atom stereocenters. The smallest absolute Gasteiger partial charge is 0.137 e. The predicted molar refractivity (Wildman–Crippen MR) is 83.0 cm³/mol. The van der Waals surface area contributed by atoms with E-state index in [1.807, 2.05) is 6.07 Å². The Hall–Kier alpha value is -0.490. The Labute approximate surface area is 125 Å². The summed E-state index contributed by atoms with van der Waals surface area (Å²) < 4.78 is 12.2. The molecule has 0 saturated carbocycles. The van der Waals surface area contributed by atoms with Crippen LogP contribution in [-0.2, 0) is 16.2 Å². The minimum atomic E-state index is -0.624. The van der Waals surface area contributed by atoms with Crippen molar-refractivity contribution in [2.75, 3.05) is 16.8 Å². The number of hydrogen-bond acceptors (Lipinski definition) is 4. The van der Waals surface area contributed by atoms with E-state index >= 15 is 0 Å². The van der Waals surface area contributed by atoms with Gasteiger partial charge in [0.25, 0.3) is 0 Å². The normalized spacial score (nSPS) is 24.2. The minimum absolute atomic E-state index is 0.0751. The second-order valence-electron chi connectivity index (χ2n) is 5.92. The summed E-state index contributed by atoms with van der Waals surface area (Å²) in [7, 11) is -0.624. The molecule has 4 nitrogen and oxygen atoms in total. The van der Waals surface area contributed by atoms with Crippen molar-refractivity contribution < 1.29 is 4.21 Å². The third-order valence-electron chi connectivity index (χ3n) is 3.11. The highest BCUT2D eigenvalue weighted by Crippen LogP contribution is 2.23. The lowest BCUT2D eigenvalue weighted by atomic mass is 9.96. The molecule has 1 N–H and O–H groups in total. The Kier molecular flexibility index (Phi) is 4.61. The average Bonchev–Trinajstić information content (AvgIpc) is 2.30. The van der Waals surface area contributed by atoms with E-state index in [2.05, 4.69) is 52.0 Å². The quantitative estimate of drug-likeness (QED) is 0.837. The highest BCUT2D eigenvalue weighted by atomic mass is 79.9. The molecule has 1 aromatic rings. The number of aromatic nitrogens is 2. The maximum Gasteiger partial charge on any atom is 0.137 e. The highest BCUT2D eigenvalue weighted by Gasteiger charge is 2.21. The molecule has 0 amide bonds. The standard InChI is InChI=1S/C13H20BrN3OS/c1-13(2,3)12-16-10(14)8-11(17-12)15-9-4-6-19(18)7-5-9/h8-9H,4-7H2,1-3H3,(H,15,16,17). The summed E-state index contributed by atoms with van der Waals surface area (Å²) in [6.45, 7) is 6.30. The number of hydrogen-bond donors (Lipinski definition) is 1. The molecule has 2 heterocycles. The molecule has 0 radical (unpaired) electrons. The van der Waals surface area contributed by atoms with Crippen molar-refractivity contribution in [3.63, 3.8) is 0 Å². The van der Waals surface area contributed by atoms with E-state index in [0.29, 0.717) is 6.04 Å². The van der Waals surface area contributed by atoms with Crippen molar-refractivity contribution in [2.45, 2.75) is 45.1 Å². The van der Waals surface area contributed by atoms with E-state index in [9.17, 15) is 4.21 Å². The Morgan fingerprint density at radius 3 is 2.53 bits per heavy atom. The van der Waals surface area contributed by atoms with Crippen LogP contribution in [0.2, 0.25) is 0 Å². The van der Waals surface area contributed by atoms with Gasteiger partial charge in [0.15, 0.2) is 0 Å². The molecule has 1 aliphatic rings. The number of nitrogens with zero attached hydrogens (tertiary/aromatic N) is 2. The van der Waals surface area contributed by atoms with Crippen molar-refractivity contribution in [3.05, 3.63) is 16.5 Å². The SMILES string of the molecule is CC(C)(C)c1nc(Br)cc(NC2CCS(=O)CC2)n1. The molecule has 6 heteroatoms. The van der Waals surface area contributed by atoms with Gasteiger partial charge >= 0.3 is 0 Å². The van der Waals surface area contributed by atoms with Gasteiger partial charge in [-0.15, -0.1) is 0 Å². The van der Waals surface area contributed by atoms with Crippen molar-refractivity contribution in [2.24, 2.45) is 0 Å². The second kappa shape index (κ2) is 5.87. The summed E-state index contributed by atoms with van der Waals surface area (Å²) >= 11 is 3.44. The van der Waals surface area contributed by atoms with E-state index in [1.165, 1.54) is 0 Å². The molecule has 2 rings (SSSR count). The molecule has 1 aromatic heterocycles. The molecule has 1 aliphatic heterocycles. The van der Waals surface area contributed by atoms with Crippen molar-refractivity contribution in [3.8, 4) is 0 Å². The Morgan fingerprint density at radius 1 is 1.32 bits per heavy atom. The predicted octanol–water partition coefficient (Wildman–Crippen LogP) is 2.86. The van der Waals surface area contributed by atoms with Gasteiger partial charge in [0, 0.05) is 39.8 Å². The van der Waals surface area contributed by atoms with Gasteiger partial charge in [-0.1, -0.05) is 20.8 Å². The van der Waals surface area contributed by atoms with Crippen LogP contribution in [-0.4, -0.2) is 31.7 Å². The van der Waals surface area contributed by atoms with Crippen LogP contribution in [0.25, 0.3) is 0 Å². The fourth-order valence-electron chi connectivity index (χ4n) is 1.97. The van der Waals surface area contributed by atoms with Gasteiger partial charge in [0.1, 0.15) is 16.2 Å². The maximum absolute atomic E-state index is 11.4. The average molecular weight is 346 g/mol. The molecule has 1 saturated heterocycles. The third kappa shape index (κ3) is 4.24. The van der Waals surface area contributed by atoms with Gasteiger partial charge < -0.3 is 5.32 Å². The monoisotopic (exact) mass is 345 g/mol. The fraction of sp³-hybridized carbons (Fsp3) is 0.692. The third-order valence-corrected chi connectivity index (χ3v) is 4.89. The summed E-state index contributed by atoms with van der Waals surface area (Å²) in [6.07, 6.45) is 1.89. The molecule has 0 bridgehead atoms. The van der Waals surface area contributed by atoms with E-state index < -0.39 is 10.8 Å². The van der Waals surface area contributed by atoms with E-state index in [0.717, 1.165) is 40.6 Å². The van der Waals surface area contributed by atoms with Crippen LogP contribution in [0.1, 0.15) is 39.4 Å². The van der Waals surface area contributed by atoms with Gasteiger partial charge in [-0.2, -0.15) is 0 Å². The van der Waals surface area contributed by atoms with Crippen molar-refractivity contribution in [1.29, 1.82) is 0 Å². The molecule has 0 atom stereocenters. The molecule has 106 valence electrons. The topological polar surface area (TPSA) is 54.9 Å². The molecular weight excluding hydrogens is 326 g/mol. The first-order chi connectivity index (χ1) is 8.84. The van der Waals surface area contributed by atoms with Crippen LogP contribution in [0.5, 0.6) is 0 Å². The van der Waals surface area contributed by atoms with Crippen LogP contribution < -0.4 is 5.32 Å². The summed E-state index contributed by atoms with van der Waals surface area (Å²) in [5.41, 5.74) is -0.0751. The van der Waals surface area contributed by atoms with Crippen LogP contribution in [0, 0.1) is 0 Å². The van der Waals surface area contributed by atoms with Crippen molar-refractivity contribution in [1.82, 2.24) is 9.97 Å². The summed E-state index contributed by atoms with van der Waals surface area (Å²) in [6, 6.07) is 2.27. The van der Waals surface area contributed by atoms with Gasteiger partial charge in [-0.25, -0.2) is 9.97 Å². The number of rotatable bonds is 2.